The Morgan fingerprint density at radius 1 is 0.447 bits per heavy atom. The van der Waals surface area contributed by atoms with E-state index in [9.17, 15) is 35.1 Å². The van der Waals surface area contributed by atoms with Crippen molar-refractivity contribution in [3.05, 3.63) is 103 Å². The van der Waals surface area contributed by atoms with Crippen LogP contribution < -0.4 is 15.9 Å². The zero-order valence-electron chi connectivity index (χ0n) is 86.3. The third-order valence-electron chi connectivity index (χ3n) is 43.0. The fourth-order valence-electron chi connectivity index (χ4n) is 36.1. The monoisotopic (exact) mass is 1920 g/mol. The maximum absolute atomic E-state index is 12.5. The largest absolute Gasteiger partial charge is 0.390 e. The van der Waals surface area contributed by atoms with Crippen LogP contribution in [-0.4, -0.2) is 85.1 Å². The molecular weight excluding hydrogens is 1720 g/mol. The molecule has 0 saturated heterocycles. The van der Waals surface area contributed by atoms with Crippen molar-refractivity contribution >= 4 is 56.9 Å². The van der Waals surface area contributed by atoms with Crippen LogP contribution in [-0.2, 0) is 9.59 Å². The maximum atomic E-state index is 12.5. The molecule has 0 spiro atoms. The van der Waals surface area contributed by atoms with E-state index >= 15 is 0 Å². The van der Waals surface area contributed by atoms with E-state index < -0.39 is 27.7 Å². The number of aliphatic hydroxyl groups excluding tert-OH is 1. The van der Waals surface area contributed by atoms with Crippen molar-refractivity contribution in [3.8, 4) is 24.2 Å². The van der Waals surface area contributed by atoms with E-state index in [0.717, 1.165) is 181 Å². The molecule has 5 N–H and O–H groups in total. The second kappa shape index (κ2) is 43.0. The van der Waals surface area contributed by atoms with Gasteiger partial charge in [0.25, 0.3) is 0 Å². The van der Waals surface area contributed by atoms with Gasteiger partial charge in [-0.1, -0.05) is 117 Å². The number of halogens is 1. The summed E-state index contributed by atoms with van der Waals surface area (Å²) in [6, 6.07) is 32.7. The average Bonchev–Trinajstić information content (AvgIpc) is 1.60. The number of aliphatic hydroxyl groups is 5. The van der Waals surface area contributed by atoms with Crippen molar-refractivity contribution in [2.24, 2.45) is 174 Å². The number of Topliss-reactive ketones (excluding diaryl/α,β-unsaturated/α-hetero) is 2. The quantitative estimate of drug-likeness (QED) is 0.0942. The van der Waals surface area contributed by atoms with Crippen molar-refractivity contribution < 1.29 is 35.1 Å². The molecule has 16 aliphatic carbocycles. The summed E-state index contributed by atoms with van der Waals surface area (Å²) in [6.45, 7) is 56.3. The van der Waals surface area contributed by atoms with E-state index in [4.69, 9.17) is 0 Å². The normalized spacial score (nSPS) is 45.8. The molecule has 0 radical (unpaired) electrons. The van der Waals surface area contributed by atoms with Gasteiger partial charge >= 0.3 is 141 Å². The summed E-state index contributed by atoms with van der Waals surface area (Å²) in [5, 5.41) is 54.5. The number of terminal acetylenes is 1. The topological polar surface area (TPSA) is 135 Å². The molecular formula is C122H199BrO7P2. The molecule has 746 valence electrons. The van der Waals surface area contributed by atoms with Gasteiger partial charge in [-0.05, 0) is 444 Å². The number of rotatable bonds is 6. The first-order valence-corrected chi connectivity index (χ1v) is 59.4. The molecule has 16 saturated carbocycles. The first-order valence-electron chi connectivity index (χ1n) is 53.0. The molecule has 0 heterocycles. The minimum absolute atomic E-state index is 0. The third-order valence-corrected chi connectivity index (χ3v) is 53.5. The van der Waals surface area contributed by atoms with Crippen LogP contribution in [0.5, 0.6) is 0 Å². The molecule has 16 aliphatic rings. The van der Waals surface area contributed by atoms with Crippen molar-refractivity contribution in [1.82, 2.24) is 0 Å². The third kappa shape index (κ3) is 20.7. The van der Waals surface area contributed by atoms with Gasteiger partial charge in [-0.3, -0.25) is 9.59 Å². The van der Waals surface area contributed by atoms with Crippen LogP contribution in [0, 0.1) is 198 Å². The molecule has 3 aromatic rings. The van der Waals surface area contributed by atoms with Gasteiger partial charge < -0.3 is 25.5 Å². The molecule has 0 aromatic heterocycles. The Kier molecular flexibility index (Phi) is 36.7. The fourth-order valence-corrected chi connectivity index (χ4v) is 42.6. The van der Waals surface area contributed by atoms with Crippen LogP contribution in [0.15, 0.2) is 103 Å². The first kappa shape index (κ1) is 113. The Bertz CT molecular complexity index is 4290. The molecule has 16 fully saturated rings. The molecule has 7 nitrogen and oxygen atoms in total. The van der Waals surface area contributed by atoms with E-state index in [0.29, 0.717) is 85.5 Å². The van der Waals surface area contributed by atoms with Crippen molar-refractivity contribution in [2.45, 2.75) is 416 Å². The summed E-state index contributed by atoms with van der Waals surface area (Å²) in [5.41, 5.74) is 2.82. The SMILES string of the molecule is C.C.C.C#CC.C/C=C1/CC[C@H]2[C@@H]3[C@@H](C)C[C@H]4C[C@](C)(O)CC[C@]4(C)[C@H]3CC[C@]12C.CC#CC.CC(=O)[C@H]1CC[C@H]2[C@@H]3[C@@H](C)C[C@H]4C[C@](C)(O)CC[C@]4(C)[C@H]3CC[C@]12C.CC(O)[C@H]1CC[C@H]2[C@@H]3[C@@H](C)C[C@H]4C[C@](C)(O)CC[C@]4(C)[C@H]3CC[C@]12C.CCP(Br)(c1ccccc1)(c1ccccc1)c1ccccc1.CPC.C[C@H]1C[C@H]2C[C@](C)(O)CC[C@]2(C)[C@H]2CC[C@]3(C)C(=O)CC[C@H]3[C@H]12. The van der Waals surface area contributed by atoms with Crippen molar-refractivity contribution in [1.29, 1.82) is 0 Å². The Hall–Kier alpha value is -3.00. The van der Waals surface area contributed by atoms with E-state index in [2.05, 4.69) is 268 Å². The van der Waals surface area contributed by atoms with E-state index in [-0.39, 0.29) is 39.2 Å². The Balaban J connectivity index is 0.000000180. The number of carbonyl (C=O) groups excluding carboxylic acids is 2. The number of carbonyl (C=O) groups is 2. The summed E-state index contributed by atoms with van der Waals surface area (Å²) in [7, 11) is 1.08. The van der Waals surface area contributed by atoms with Crippen molar-refractivity contribution in [3.63, 3.8) is 0 Å². The van der Waals surface area contributed by atoms with Gasteiger partial charge in [0.15, 0.2) is 0 Å². The molecule has 132 heavy (non-hydrogen) atoms. The Morgan fingerprint density at radius 2 is 0.735 bits per heavy atom. The van der Waals surface area contributed by atoms with Crippen molar-refractivity contribution in [2.75, 3.05) is 19.5 Å². The van der Waals surface area contributed by atoms with E-state index in [1.807, 2.05) is 34.6 Å². The molecule has 3 aromatic carbocycles. The standard InChI is InChI=1S/C23H40O2.C23H38O2.C23H38O.C21H34O2.C20H20BrP.C4H6.C3H4.C2H7P.3CH4/c2*1-14-12-16-13-21(3,25)10-11-22(16,4)19-8-9-23(5)17(15(2)24)6-7-18(23)20(14)19;1-6-16-7-8-18-20-15(2)13-17-14-21(3,24)11-12-23(17,5)19(20)9-10-22(16,18)4;1-13-11-14-12-19(2,23)9-10-20(14,3)16-7-8-21(4)15(18(13)16)5-6-17(21)22;1-2-22(21,18-12-6-3-7-13-18,19-14-8-4-9-15-19)20-16-10-5-11-17-20;1-3-4-2;2*1-3-2;;;/h14-20,24-25H,6-13H2,1-5H3;14,16-20,25H,6-13H2,1-5H3;6,15,17-20,24H,7-14H2,1-5H3;13-16,18,23H,5-12H2,1-4H3;3-17H,2H2,1H3;1-2H3;1H,2H3;3H,1-2H3;3*1H4/b;;16-6-;;;;;;;;/t14-,15?,16-,17+,18-,19-,20-,21+,22-,23+;14-,16-,17+,18-,19-,20-,21+,22-,23+;15-,17-,18-,19-,20-,21+,22+,23-;13-,14-,15-,16-,18-,19+,20-,21-;;;;;;;/m0000......./s1. The number of benzene rings is 3. The second-order valence-corrected chi connectivity index (χ2v) is 60.6. The van der Waals surface area contributed by atoms with Crippen LogP contribution in [0.1, 0.15) is 387 Å². The predicted octanol–water partition coefficient (Wildman–Crippen LogP) is 30.2. The molecule has 0 bridgehead atoms. The molecule has 10 heteroatoms. The minimum atomic E-state index is -2.59. The zero-order chi connectivity index (χ0) is 94.7. The predicted molar refractivity (Wildman–Crippen MR) is 574 cm³/mol. The van der Waals surface area contributed by atoms with Crippen LogP contribution >= 0.6 is 29.4 Å². The van der Waals surface area contributed by atoms with Gasteiger partial charge in [0.2, 0.25) is 0 Å². The number of fused-ring (bicyclic) bond motifs is 20. The van der Waals surface area contributed by atoms with E-state index in [1.54, 1.807) is 12.5 Å². The van der Waals surface area contributed by atoms with Gasteiger partial charge in [-0.25, -0.2) is 0 Å². The number of ketones is 2. The fraction of sp³-hybridized carbons (Fsp3) is 0.787. The summed E-state index contributed by atoms with van der Waals surface area (Å²) in [6.07, 6.45) is 46.0. The van der Waals surface area contributed by atoms with Crippen LogP contribution in [0.4, 0.5) is 0 Å². The van der Waals surface area contributed by atoms with Gasteiger partial charge in [-0.15, -0.1) is 32.8 Å². The molecule has 0 aliphatic heterocycles. The second-order valence-electron chi connectivity index (χ2n) is 50.4. The smallest absolute Gasteiger partial charge is 0.139 e. The van der Waals surface area contributed by atoms with Gasteiger partial charge in [0.05, 0.1) is 28.5 Å². The summed E-state index contributed by atoms with van der Waals surface area (Å²) in [5.74, 6) is 25.0. The zero-order valence-corrected chi connectivity index (χ0v) is 89.8. The number of hydrogen-bond donors (Lipinski definition) is 5. The average molecular weight is 1920 g/mol. The van der Waals surface area contributed by atoms with Crippen LogP contribution in [0.2, 0.25) is 0 Å². The Morgan fingerprint density at radius 3 is 1.05 bits per heavy atom. The first-order chi connectivity index (χ1) is 60.5. The molecule has 35 atom stereocenters. The van der Waals surface area contributed by atoms with Crippen LogP contribution in [0.25, 0.3) is 0 Å². The maximum Gasteiger partial charge on any atom is 0.139 e. The molecule has 19 rings (SSSR count). The molecule has 1 unspecified atom stereocenters. The van der Waals surface area contributed by atoms with Gasteiger partial charge in [0, 0.05) is 17.8 Å². The summed E-state index contributed by atoms with van der Waals surface area (Å²) >= 11 is 4.35. The number of hydrogen-bond acceptors (Lipinski definition) is 7. The van der Waals surface area contributed by atoms with Gasteiger partial charge in [0.1, 0.15) is 11.6 Å². The number of allylic oxidation sites excluding steroid dienone is 2. The summed E-state index contributed by atoms with van der Waals surface area (Å²) in [4.78, 5) is 24.8. The molecule has 0 amide bonds. The summed E-state index contributed by atoms with van der Waals surface area (Å²) < 4.78 is 0. The Labute approximate surface area is 821 Å². The van der Waals surface area contributed by atoms with Crippen LogP contribution in [0.3, 0.4) is 0 Å². The minimum Gasteiger partial charge on any atom is -0.390 e. The van der Waals surface area contributed by atoms with Gasteiger partial charge in [-0.2, -0.15) is 0 Å². The van der Waals surface area contributed by atoms with E-state index in [1.165, 1.54) is 144 Å².